The highest BCUT2D eigenvalue weighted by molar-refractivity contribution is 9.10. The molecule has 1 aromatic heterocycles. The van der Waals surface area contributed by atoms with Crippen LogP contribution in [0.25, 0.3) is 22.2 Å². The fourth-order valence-corrected chi connectivity index (χ4v) is 5.52. The first-order valence-electron chi connectivity index (χ1n) is 13.5. The van der Waals surface area contributed by atoms with Gasteiger partial charge in [-0.05, 0) is 55.7 Å². The average Bonchev–Trinajstić information content (AvgIpc) is 2.96. The molecular formula is C32H29BrClF3N2O3. The summed E-state index contributed by atoms with van der Waals surface area (Å²) in [4.78, 5) is 30.9. The van der Waals surface area contributed by atoms with Crippen molar-refractivity contribution >= 4 is 50.3 Å². The molecule has 220 valence electrons. The predicted octanol–water partition coefficient (Wildman–Crippen LogP) is 8.84. The highest BCUT2D eigenvalue weighted by Gasteiger charge is 2.26. The lowest BCUT2D eigenvalue weighted by atomic mass is 9.92. The highest BCUT2D eigenvalue weighted by atomic mass is 79.9. The van der Waals surface area contributed by atoms with E-state index in [1.807, 2.05) is 36.4 Å². The van der Waals surface area contributed by atoms with E-state index >= 15 is 0 Å². The van der Waals surface area contributed by atoms with Crippen molar-refractivity contribution < 1.29 is 27.5 Å². The van der Waals surface area contributed by atoms with Crippen LogP contribution in [0.4, 0.5) is 13.2 Å². The smallest absolute Gasteiger partial charge is 0.308 e. The minimum absolute atomic E-state index is 0.0515. The Kier molecular flexibility index (Phi) is 10.6. The second-order valence-electron chi connectivity index (χ2n) is 9.88. The van der Waals surface area contributed by atoms with Crippen molar-refractivity contribution in [2.75, 3.05) is 6.54 Å². The van der Waals surface area contributed by atoms with Crippen molar-refractivity contribution in [3.63, 3.8) is 0 Å². The second kappa shape index (κ2) is 14.2. The molecule has 2 atom stereocenters. The molecule has 0 bridgehead atoms. The summed E-state index contributed by atoms with van der Waals surface area (Å²) < 4.78 is 48.7. The van der Waals surface area contributed by atoms with Gasteiger partial charge in [0.25, 0.3) is 5.91 Å². The fourth-order valence-electron chi connectivity index (χ4n) is 4.85. The number of hydrogen-bond donors (Lipinski definition) is 1. The number of carbonyl (C=O) groups excluding carboxylic acids is 2. The maximum absolute atomic E-state index is 15.0. The maximum Gasteiger partial charge on any atom is 0.308 e. The van der Waals surface area contributed by atoms with Crippen LogP contribution in [0.1, 0.15) is 60.0 Å². The van der Waals surface area contributed by atoms with Crippen molar-refractivity contribution in [1.29, 1.82) is 0 Å². The van der Waals surface area contributed by atoms with Crippen LogP contribution in [0.3, 0.4) is 0 Å². The lowest BCUT2D eigenvalue weighted by Crippen LogP contribution is -2.30. The molecule has 0 aliphatic heterocycles. The quantitative estimate of drug-likeness (QED) is 0.129. The number of ether oxygens (including phenoxy) is 1. The van der Waals surface area contributed by atoms with Crippen LogP contribution in [-0.2, 0) is 9.53 Å². The van der Waals surface area contributed by atoms with E-state index in [0.29, 0.717) is 34.1 Å². The van der Waals surface area contributed by atoms with E-state index in [1.165, 1.54) is 0 Å². The van der Waals surface area contributed by atoms with Gasteiger partial charge in [-0.15, -0.1) is 0 Å². The van der Waals surface area contributed by atoms with E-state index in [1.54, 1.807) is 26.0 Å². The summed E-state index contributed by atoms with van der Waals surface area (Å²) in [5.74, 6) is -3.84. The van der Waals surface area contributed by atoms with E-state index < -0.39 is 40.8 Å². The number of esters is 1. The molecule has 3 aromatic carbocycles. The molecular weight excluding hydrogens is 633 g/mol. The van der Waals surface area contributed by atoms with Crippen LogP contribution in [0, 0.1) is 18.6 Å². The van der Waals surface area contributed by atoms with Crippen LogP contribution < -0.4 is 5.32 Å². The standard InChI is InChI=1S/C32H29BrClF3N2O3/c1-3-7-26(37)42-27(40)15-10-20(29-23(35)12-13-24(36)30(29)34)17-38-32(41)28-18(2)31(19-8-5-4-6-9-19)39-25-14-11-21(33)16-22(25)28/h4-6,8-9,11-14,16,20,26H,3,7,10,15,17H2,1-2H3,(H,38,41). The summed E-state index contributed by atoms with van der Waals surface area (Å²) in [7, 11) is 0. The molecule has 5 nitrogen and oxygen atoms in total. The molecule has 2 unspecified atom stereocenters. The molecule has 0 fully saturated rings. The summed E-state index contributed by atoms with van der Waals surface area (Å²) in [6, 6.07) is 16.7. The van der Waals surface area contributed by atoms with E-state index in [0.717, 1.165) is 22.2 Å². The van der Waals surface area contributed by atoms with Crippen LogP contribution in [0.15, 0.2) is 65.1 Å². The summed E-state index contributed by atoms with van der Waals surface area (Å²) in [6.45, 7) is 3.37. The Balaban J connectivity index is 1.67. The maximum atomic E-state index is 15.0. The van der Waals surface area contributed by atoms with Gasteiger partial charge >= 0.3 is 5.97 Å². The van der Waals surface area contributed by atoms with E-state index in [9.17, 15) is 22.8 Å². The molecule has 10 heteroatoms. The topological polar surface area (TPSA) is 68.3 Å². The number of carbonyl (C=O) groups is 2. The number of nitrogens with one attached hydrogen (secondary N) is 1. The molecule has 0 aliphatic carbocycles. The highest BCUT2D eigenvalue weighted by Crippen LogP contribution is 2.34. The second-order valence-corrected chi connectivity index (χ2v) is 11.2. The number of fused-ring (bicyclic) bond motifs is 1. The number of benzene rings is 3. The molecule has 0 aliphatic rings. The van der Waals surface area contributed by atoms with Crippen molar-refractivity contribution in [2.45, 2.75) is 51.8 Å². The molecule has 0 spiro atoms. The number of rotatable bonds is 11. The third-order valence-corrected chi connectivity index (χ3v) is 7.81. The average molecular weight is 662 g/mol. The van der Waals surface area contributed by atoms with Gasteiger partial charge in [0.05, 0.1) is 21.8 Å². The summed E-state index contributed by atoms with van der Waals surface area (Å²) in [5, 5.41) is 2.98. The Labute approximate surface area is 255 Å². The van der Waals surface area contributed by atoms with Crippen molar-refractivity contribution in [3.05, 3.63) is 98.5 Å². The monoisotopic (exact) mass is 660 g/mol. The zero-order chi connectivity index (χ0) is 30.4. The van der Waals surface area contributed by atoms with Gasteiger partial charge in [-0.3, -0.25) is 9.59 Å². The first kappa shape index (κ1) is 31.5. The van der Waals surface area contributed by atoms with Gasteiger partial charge in [0.1, 0.15) is 11.6 Å². The van der Waals surface area contributed by atoms with Crippen molar-refractivity contribution in [3.8, 4) is 11.3 Å². The van der Waals surface area contributed by atoms with Gasteiger partial charge in [0.2, 0.25) is 6.36 Å². The Hall–Kier alpha value is -3.43. The number of alkyl halides is 1. The third kappa shape index (κ3) is 7.31. The normalized spacial score (nSPS) is 12.6. The van der Waals surface area contributed by atoms with E-state index in [-0.39, 0.29) is 31.4 Å². The SMILES string of the molecule is CCCC(F)OC(=O)CCC(CNC(=O)c1c(C)c(-c2ccccc2)nc2ccc(Br)cc12)c1c(F)ccc(F)c1Cl. The lowest BCUT2D eigenvalue weighted by molar-refractivity contribution is -0.158. The Morgan fingerprint density at radius 1 is 1.05 bits per heavy atom. The third-order valence-electron chi connectivity index (χ3n) is 6.93. The number of pyridine rings is 1. The molecule has 1 heterocycles. The Morgan fingerprint density at radius 2 is 1.76 bits per heavy atom. The van der Waals surface area contributed by atoms with Crippen molar-refractivity contribution in [1.82, 2.24) is 10.3 Å². The van der Waals surface area contributed by atoms with Crippen LogP contribution >= 0.6 is 27.5 Å². The van der Waals surface area contributed by atoms with E-state index in [2.05, 4.69) is 21.2 Å². The molecule has 1 N–H and O–H groups in total. The van der Waals surface area contributed by atoms with Crippen LogP contribution in [0.5, 0.6) is 0 Å². The van der Waals surface area contributed by atoms with Crippen molar-refractivity contribution in [2.24, 2.45) is 0 Å². The minimum Gasteiger partial charge on any atom is -0.431 e. The van der Waals surface area contributed by atoms with Gasteiger partial charge in [-0.1, -0.05) is 64.8 Å². The molecule has 0 saturated heterocycles. The fraction of sp³-hybridized carbons (Fsp3) is 0.281. The summed E-state index contributed by atoms with van der Waals surface area (Å²) in [6.07, 6.45) is -1.58. The van der Waals surface area contributed by atoms with Crippen LogP contribution in [0.2, 0.25) is 5.02 Å². The van der Waals surface area contributed by atoms with Gasteiger partial charge in [0.15, 0.2) is 0 Å². The summed E-state index contributed by atoms with van der Waals surface area (Å²) in [5.41, 5.74) is 2.86. The first-order valence-corrected chi connectivity index (χ1v) is 14.7. The van der Waals surface area contributed by atoms with Gasteiger partial charge in [-0.2, -0.15) is 0 Å². The summed E-state index contributed by atoms with van der Waals surface area (Å²) >= 11 is 9.62. The largest absolute Gasteiger partial charge is 0.431 e. The molecule has 4 aromatic rings. The lowest BCUT2D eigenvalue weighted by Gasteiger charge is -2.21. The molecule has 0 radical (unpaired) electrons. The molecule has 1 amide bonds. The number of aromatic nitrogens is 1. The van der Waals surface area contributed by atoms with Gasteiger partial charge in [0, 0.05) is 46.3 Å². The minimum atomic E-state index is -1.75. The number of amides is 1. The molecule has 42 heavy (non-hydrogen) atoms. The first-order chi connectivity index (χ1) is 20.1. The molecule has 4 rings (SSSR count). The number of halogens is 5. The Morgan fingerprint density at radius 3 is 2.48 bits per heavy atom. The predicted molar refractivity (Wildman–Crippen MR) is 161 cm³/mol. The van der Waals surface area contributed by atoms with Gasteiger partial charge in [-0.25, -0.2) is 18.2 Å². The number of nitrogens with zero attached hydrogens (tertiary/aromatic N) is 1. The van der Waals surface area contributed by atoms with Crippen LogP contribution in [-0.4, -0.2) is 29.8 Å². The zero-order valence-electron chi connectivity index (χ0n) is 23.0. The van der Waals surface area contributed by atoms with Gasteiger partial charge < -0.3 is 10.1 Å². The Bertz CT molecular complexity index is 1600. The van der Waals surface area contributed by atoms with E-state index in [4.69, 9.17) is 21.3 Å². The zero-order valence-corrected chi connectivity index (χ0v) is 25.4. The number of hydrogen-bond acceptors (Lipinski definition) is 4. The molecule has 0 saturated carbocycles.